The van der Waals surface area contributed by atoms with E-state index in [0.717, 1.165) is 11.3 Å². The lowest BCUT2D eigenvalue weighted by Gasteiger charge is -2.09. The highest BCUT2D eigenvalue weighted by Gasteiger charge is 2.08. The Labute approximate surface area is 104 Å². The van der Waals surface area contributed by atoms with Crippen LogP contribution in [0.4, 0.5) is 0 Å². The molecule has 0 saturated carbocycles. The van der Waals surface area contributed by atoms with Crippen molar-refractivity contribution in [3.05, 3.63) is 16.3 Å². The molecule has 0 aliphatic rings. The Bertz CT molecular complexity index is 400. The molecule has 0 spiro atoms. The van der Waals surface area contributed by atoms with E-state index < -0.39 is 5.97 Å². The van der Waals surface area contributed by atoms with E-state index in [1.54, 1.807) is 19.5 Å². The van der Waals surface area contributed by atoms with Gasteiger partial charge < -0.3 is 14.7 Å². The number of nitrogens with zero attached hydrogens (tertiary/aromatic N) is 1. The van der Waals surface area contributed by atoms with Crippen LogP contribution in [0.25, 0.3) is 0 Å². The lowest BCUT2D eigenvalue weighted by atomic mass is 10.3. The van der Waals surface area contributed by atoms with Crippen molar-refractivity contribution in [1.29, 1.82) is 0 Å². The van der Waals surface area contributed by atoms with Crippen LogP contribution >= 0.6 is 11.3 Å². The van der Waals surface area contributed by atoms with Gasteiger partial charge in [-0.05, 0) is 6.42 Å². The van der Waals surface area contributed by atoms with Gasteiger partial charge in [0.2, 0.25) is 5.91 Å². The summed E-state index contributed by atoms with van der Waals surface area (Å²) in [7, 11) is 3.42. The van der Waals surface area contributed by atoms with Gasteiger partial charge >= 0.3 is 5.97 Å². The first-order valence-electron chi connectivity index (χ1n) is 5.15. The number of amides is 1. The first kappa shape index (κ1) is 13.5. The molecule has 1 heterocycles. The molecule has 1 N–H and O–H groups in total. The van der Waals surface area contributed by atoms with Crippen LogP contribution < -0.4 is 4.74 Å². The van der Waals surface area contributed by atoms with Crippen molar-refractivity contribution in [3.8, 4) is 5.75 Å². The van der Waals surface area contributed by atoms with E-state index in [4.69, 9.17) is 9.84 Å². The summed E-state index contributed by atoms with van der Waals surface area (Å²) in [6.45, 7) is 0.412. The highest BCUT2D eigenvalue weighted by molar-refractivity contribution is 7.12. The summed E-state index contributed by atoms with van der Waals surface area (Å²) < 4.78 is 5.34. The normalized spacial score (nSPS) is 10.0. The molecule has 0 aliphatic carbocycles. The van der Waals surface area contributed by atoms with Crippen LogP contribution in [0.3, 0.4) is 0 Å². The quantitative estimate of drug-likeness (QED) is 0.788. The first-order chi connectivity index (χ1) is 8.00. The number of carbonyl (C=O) groups excluding carboxylic acids is 1. The molecule has 6 heteroatoms. The molecule has 1 amide bonds. The van der Waals surface area contributed by atoms with E-state index in [2.05, 4.69) is 0 Å². The molecule has 0 aromatic carbocycles. The molecule has 0 radical (unpaired) electrons. The minimum absolute atomic E-state index is 0.0603. The Balaban J connectivity index is 2.26. The van der Waals surface area contributed by atoms with Crippen molar-refractivity contribution in [3.63, 3.8) is 0 Å². The third-order valence-corrected chi connectivity index (χ3v) is 2.99. The minimum atomic E-state index is -0.951. The van der Waals surface area contributed by atoms with Gasteiger partial charge in [-0.1, -0.05) is 0 Å². The number of carboxylic acids is 1. The van der Waals surface area contributed by atoms with Gasteiger partial charge in [-0.15, -0.1) is 11.3 Å². The first-order valence-corrected chi connectivity index (χ1v) is 6.03. The number of hydrogen-bond acceptors (Lipinski definition) is 4. The molecule has 5 nitrogen and oxygen atoms in total. The molecule has 0 atom stereocenters. The van der Waals surface area contributed by atoms with Gasteiger partial charge in [0.25, 0.3) is 0 Å². The molecular weight excluding hydrogens is 242 g/mol. The Kier molecular flexibility index (Phi) is 4.96. The summed E-state index contributed by atoms with van der Waals surface area (Å²) in [5.74, 6) is -0.345. The third kappa shape index (κ3) is 4.44. The number of aromatic carboxylic acids is 1. The van der Waals surface area contributed by atoms with E-state index in [0.29, 0.717) is 25.2 Å². The molecule has 1 aromatic rings. The molecule has 0 saturated heterocycles. The van der Waals surface area contributed by atoms with Gasteiger partial charge in [-0.2, -0.15) is 0 Å². The van der Waals surface area contributed by atoms with Gasteiger partial charge in [0.1, 0.15) is 10.6 Å². The molecule has 0 bridgehead atoms. The molecule has 1 rings (SSSR count). The van der Waals surface area contributed by atoms with Crippen molar-refractivity contribution < 1.29 is 19.4 Å². The SMILES string of the molecule is CN(C)C(=O)CCCOc1csc(C(=O)O)c1. The summed E-state index contributed by atoms with van der Waals surface area (Å²) in [6.07, 6.45) is 1.05. The van der Waals surface area contributed by atoms with Crippen LogP contribution in [0, 0.1) is 0 Å². The zero-order valence-corrected chi connectivity index (χ0v) is 10.6. The predicted molar refractivity (Wildman–Crippen MR) is 64.7 cm³/mol. The fourth-order valence-electron chi connectivity index (χ4n) is 1.14. The second-order valence-electron chi connectivity index (χ2n) is 3.69. The lowest BCUT2D eigenvalue weighted by molar-refractivity contribution is -0.128. The Morgan fingerprint density at radius 1 is 1.47 bits per heavy atom. The second kappa shape index (κ2) is 6.24. The lowest BCUT2D eigenvalue weighted by Crippen LogP contribution is -2.21. The van der Waals surface area contributed by atoms with Crippen molar-refractivity contribution in [2.45, 2.75) is 12.8 Å². The maximum Gasteiger partial charge on any atom is 0.346 e. The monoisotopic (exact) mass is 257 g/mol. The number of ether oxygens (including phenoxy) is 1. The summed E-state index contributed by atoms with van der Waals surface area (Å²) >= 11 is 1.13. The van der Waals surface area contributed by atoms with Crippen LogP contribution in [0.15, 0.2) is 11.4 Å². The van der Waals surface area contributed by atoms with Crippen molar-refractivity contribution >= 4 is 23.2 Å². The van der Waals surface area contributed by atoms with Gasteiger partial charge in [0.05, 0.1) is 6.61 Å². The average molecular weight is 257 g/mol. The fourth-order valence-corrected chi connectivity index (χ4v) is 1.81. The van der Waals surface area contributed by atoms with E-state index in [9.17, 15) is 9.59 Å². The number of rotatable bonds is 6. The molecule has 94 valence electrons. The third-order valence-electron chi connectivity index (χ3n) is 2.09. The largest absolute Gasteiger partial charge is 0.493 e. The second-order valence-corrected chi connectivity index (χ2v) is 4.60. The molecule has 0 fully saturated rings. The molecule has 17 heavy (non-hydrogen) atoms. The van der Waals surface area contributed by atoms with Gasteiger partial charge in [0.15, 0.2) is 0 Å². The highest BCUT2D eigenvalue weighted by Crippen LogP contribution is 2.21. The van der Waals surface area contributed by atoms with Crippen LogP contribution in [0.1, 0.15) is 22.5 Å². The Morgan fingerprint density at radius 2 is 2.18 bits per heavy atom. The highest BCUT2D eigenvalue weighted by atomic mass is 32.1. The molecular formula is C11H15NO4S. The Morgan fingerprint density at radius 3 is 2.71 bits per heavy atom. The topological polar surface area (TPSA) is 66.8 Å². The molecule has 0 aliphatic heterocycles. The molecule has 0 unspecified atom stereocenters. The summed E-state index contributed by atoms with van der Waals surface area (Å²) in [6, 6.07) is 1.49. The summed E-state index contributed by atoms with van der Waals surface area (Å²) in [4.78, 5) is 23.6. The fraction of sp³-hybridized carbons (Fsp3) is 0.455. The molecule has 1 aromatic heterocycles. The number of hydrogen-bond donors (Lipinski definition) is 1. The van der Waals surface area contributed by atoms with Crippen LogP contribution in [-0.2, 0) is 4.79 Å². The smallest absolute Gasteiger partial charge is 0.346 e. The number of thiophene rings is 1. The maximum absolute atomic E-state index is 11.2. The van der Waals surface area contributed by atoms with Gasteiger partial charge in [-0.25, -0.2) is 4.79 Å². The number of carboxylic acid groups (broad SMARTS) is 1. The van der Waals surface area contributed by atoms with Gasteiger partial charge in [0, 0.05) is 32.0 Å². The maximum atomic E-state index is 11.2. The van der Waals surface area contributed by atoms with Crippen molar-refractivity contribution in [2.24, 2.45) is 0 Å². The van der Waals surface area contributed by atoms with E-state index >= 15 is 0 Å². The van der Waals surface area contributed by atoms with Crippen LogP contribution in [-0.4, -0.2) is 42.6 Å². The standard InChI is InChI=1S/C11H15NO4S/c1-12(2)10(13)4-3-5-16-8-6-9(11(14)15)17-7-8/h6-7H,3-5H2,1-2H3,(H,14,15). The average Bonchev–Trinajstić information content (AvgIpc) is 2.72. The summed E-state index contributed by atoms with van der Waals surface area (Å²) in [5.41, 5.74) is 0. The zero-order valence-electron chi connectivity index (χ0n) is 9.80. The zero-order chi connectivity index (χ0) is 12.8. The van der Waals surface area contributed by atoms with Gasteiger partial charge in [-0.3, -0.25) is 4.79 Å². The van der Waals surface area contributed by atoms with Crippen LogP contribution in [0.5, 0.6) is 5.75 Å². The number of carbonyl (C=O) groups is 2. The Hall–Kier alpha value is -1.56. The summed E-state index contributed by atoms with van der Waals surface area (Å²) in [5, 5.41) is 10.4. The van der Waals surface area contributed by atoms with E-state index in [1.165, 1.54) is 11.0 Å². The van der Waals surface area contributed by atoms with E-state index in [1.807, 2.05) is 0 Å². The van der Waals surface area contributed by atoms with Crippen molar-refractivity contribution in [2.75, 3.05) is 20.7 Å². The minimum Gasteiger partial charge on any atom is -0.493 e. The van der Waals surface area contributed by atoms with E-state index in [-0.39, 0.29) is 10.8 Å². The predicted octanol–water partition coefficient (Wildman–Crippen LogP) is 1.69. The van der Waals surface area contributed by atoms with Crippen molar-refractivity contribution in [1.82, 2.24) is 4.90 Å². The van der Waals surface area contributed by atoms with Crippen LogP contribution in [0.2, 0.25) is 0 Å².